The minimum Gasteiger partial charge on any atom is -0.321 e. The Bertz CT molecular complexity index is 652. The number of thiophene rings is 1. The van der Waals surface area contributed by atoms with Crippen LogP contribution in [0.5, 0.6) is 0 Å². The molecule has 0 unspecified atom stereocenters. The molecule has 0 saturated carbocycles. The summed E-state index contributed by atoms with van der Waals surface area (Å²) in [6.45, 7) is 0.817. The van der Waals surface area contributed by atoms with Crippen LogP contribution in [0.1, 0.15) is 38.5 Å². The molecule has 0 radical (unpaired) electrons. The van der Waals surface area contributed by atoms with Crippen molar-refractivity contribution in [1.29, 1.82) is 0 Å². The Labute approximate surface area is 136 Å². The van der Waals surface area contributed by atoms with Gasteiger partial charge < -0.3 is 10.2 Å². The third-order valence-electron chi connectivity index (χ3n) is 3.97. The summed E-state index contributed by atoms with van der Waals surface area (Å²) >= 11 is 1.66. The normalized spacial score (nSPS) is 14.0. The van der Waals surface area contributed by atoms with Gasteiger partial charge >= 0.3 is 0 Å². The molecule has 116 valence electrons. The van der Waals surface area contributed by atoms with E-state index in [-0.39, 0.29) is 5.91 Å². The van der Waals surface area contributed by atoms with Crippen LogP contribution in [0.15, 0.2) is 30.3 Å². The van der Waals surface area contributed by atoms with Crippen molar-refractivity contribution in [2.24, 2.45) is 0 Å². The molecule has 4 heteroatoms. The summed E-state index contributed by atoms with van der Waals surface area (Å²) in [5, 5.41) is 3.09. The first-order valence-electron chi connectivity index (χ1n) is 7.79. The fourth-order valence-corrected chi connectivity index (χ4v) is 4.06. The molecule has 0 atom stereocenters. The lowest BCUT2D eigenvalue weighted by atomic mass is 9.99. The Kier molecular flexibility index (Phi) is 4.60. The van der Waals surface area contributed by atoms with Gasteiger partial charge in [-0.25, -0.2) is 0 Å². The summed E-state index contributed by atoms with van der Waals surface area (Å²) in [6.07, 6.45) is 4.75. The van der Waals surface area contributed by atoms with E-state index in [2.05, 4.69) is 22.3 Å². The van der Waals surface area contributed by atoms with E-state index in [1.54, 1.807) is 11.3 Å². The zero-order valence-corrected chi connectivity index (χ0v) is 14.0. The quantitative estimate of drug-likeness (QED) is 0.927. The van der Waals surface area contributed by atoms with Gasteiger partial charge in [-0.05, 0) is 63.0 Å². The zero-order valence-electron chi connectivity index (χ0n) is 13.2. The van der Waals surface area contributed by atoms with Crippen molar-refractivity contribution < 1.29 is 4.79 Å². The Morgan fingerprint density at radius 1 is 1.23 bits per heavy atom. The zero-order chi connectivity index (χ0) is 15.5. The Balaban J connectivity index is 1.78. The molecular weight excluding hydrogens is 292 g/mol. The van der Waals surface area contributed by atoms with Crippen molar-refractivity contribution in [3.05, 3.63) is 51.2 Å². The SMILES string of the molecule is CN(C)Cc1ccccc1NC(=O)c1cc2c(s1)CCCC2. The molecule has 1 heterocycles. The molecule has 1 aromatic carbocycles. The second-order valence-corrected chi connectivity index (χ2v) is 7.25. The standard InChI is InChI=1S/C18H22N2OS/c1-20(2)12-14-8-3-5-9-15(14)19-18(21)17-11-13-7-4-6-10-16(13)22-17/h3,5,8-9,11H,4,6-7,10,12H2,1-2H3,(H,19,21). The van der Waals surface area contributed by atoms with Gasteiger partial charge in [0.05, 0.1) is 4.88 Å². The number of nitrogens with zero attached hydrogens (tertiary/aromatic N) is 1. The average molecular weight is 314 g/mol. The van der Waals surface area contributed by atoms with Crippen molar-refractivity contribution in [1.82, 2.24) is 4.90 Å². The molecule has 0 spiro atoms. The highest BCUT2D eigenvalue weighted by Gasteiger charge is 2.18. The van der Waals surface area contributed by atoms with Crippen molar-refractivity contribution in [3.8, 4) is 0 Å². The van der Waals surface area contributed by atoms with Crippen molar-refractivity contribution in [2.75, 3.05) is 19.4 Å². The number of aryl methyl sites for hydroxylation is 2. The van der Waals surface area contributed by atoms with Gasteiger partial charge in [-0.3, -0.25) is 4.79 Å². The third kappa shape index (κ3) is 3.39. The molecule has 2 aromatic rings. The molecule has 1 N–H and O–H groups in total. The van der Waals surface area contributed by atoms with Gasteiger partial charge in [0, 0.05) is 17.1 Å². The van der Waals surface area contributed by atoms with Gasteiger partial charge in [0.2, 0.25) is 0 Å². The molecule has 3 nitrogen and oxygen atoms in total. The number of fused-ring (bicyclic) bond motifs is 1. The predicted octanol–water partition coefficient (Wildman–Crippen LogP) is 3.94. The van der Waals surface area contributed by atoms with Gasteiger partial charge in [0.1, 0.15) is 0 Å². The average Bonchev–Trinajstić information content (AvgIpc) is 2.93. The Morgan fingerprint density at radius 3 is 2.77 bits per heavy atom. The van der Waals surface area contributed by atoms with Gasteiger partial charge in [-0.15, -0.1) is 11.3 Å². The fraction of sp³-hybridized carbons (Fsp3) is 0.389. The van der Waals surface area contributed by atoms with Crippen LogP contribution in [-0.4, -0.2) is 24.9 Å². The Hall–Kier alpha value is -1.65. The van der Waals surface area contributed by atoms with E-state index in [1.807, 2.05) is 32.3 Å². The van der Waals surface area contributed by atoms with E-state index in [0.717, 1.165) is 35.5 Å². The monoisotopic (exact) mass is 314 g/mol. The van der Waals surface area contributed by atoms with Crippen LogP contribution in [0.2, 0.25) is 0 Å². The van der Waals surface area contributed by atoms with Gasteiger partial charge in [-0.2, -0.15) is 0 Å². The molecule has 22 heavy (non-hydrogen) atoms. The molecule has 3 rings (SSSR count). The van der Waals surface area contributed by atoms with Crippen LogP contribution in [0.3, 0.4) is 0 Å². The molecule has 1 aliphatic rings. The molecular formula is C18H22N2OS. The number of carbonyl (C=O) groups is 1. The highest BCUT2D eigenvalue weighted by atomic mass is 32.1. The first-order chi connectivity index (χ1) is 10.6. The van der Waals surface area contributed by atoms with Crippen molar-refractivity contribution >= 4 is 22.9 Å². The Morgan fingerprint density at radius 2 is 2.00 bits per heavy atom. The number of para-hydroxylation sites is 1. The van der Waals surface area contributed by atoms with E-state index >= 15 is 0 Å². The maximum Gasteiger partial charge on any atom is 0.265 e. The highest BCUT2D eigenvalue weighted by Crippen LogP contribution is 2.30. The van der Waals surface area contributed by atoms with Gasteiger partial charge in [0.25, 0.3) is 5.91 Å². The smallest absolute Gasteiger partial charge is 0.265 e. The van der Waals surface area contributed by atoms with Crippen LogP contribution in [-0.2, 0) is 19.4 Å². The van der Waals surface area contributed by atoms with Crippen LogP contribution >= 0.6 is 11.3 Å². The van der Waals surface area contributed by atoms with Gasteiger partial charge in [0.15, 0.2) is 0 Å². The predicted molar refractivity (Wildman–Crippen MR) is 92.7 cm³/mol. The number of rotatable bonds is 4. The van der Waals surface area contributed by atoms with E-state index < -0.39 is 0 Å². The van der Waals surface area contributed by atoms with Crippen LogP contribution in [0.4, 0.5) is 5.69 Å². The number of benzene rings is 1. The first kappa shape index (κ1) is 15.3. The fourth-order valence-electron chi connectivity index (χ4n) is 2.91. The van der Waals surface area contributed by atoms with E-state index in [0.29, 0.717) is 0 Å². The highest BCUT2D eigenvalue weighted by molar-refractivity contribution is 7.14. The summed E-state index contributed by atoms with van der Waals surface area (Å²) < 4.78 is 0. The summed E-state index contributed by atoms with van der Waals surface area (Å²) in [4.78, 5) is 16.9. The van der Waals surface area contributed by atoms with Gasteiger partial charge in [-0.1, -0.05) is 18.2 Å². The molecule has 1 amide bonds. The number of anilines is 1. The largest absolute Gasteiger partial charge is 0.321 e. The van der Waals surface area contributed by atoms with E-state index in [4.69, 9.17) is 0 Å². The van der Waals surface area contributed by atoms with Crippen molar-refractivity contribution in [2.45, 2.75) is 32.2 Å². The molecule has 0 aliphatic heterocycles. The molecule has 1 aliphatic carbocycles. The summed E-state index contributed by atoms with van der Waals surface area (Å²) in [6, 6.07) is 10.1. The molecule has 0 saturated heterocycles. The summed E-state index contributed by atoms with van der Waals surface area (Å²) in [7, 11) is 4.07. The van der Waals surface area contributed by atoms with E-state index in [9.17, 15) is 4.79 Å². The number of hydrogen-bond donors (Lipinski definition) is 1. The molecule has 0 fully saturated rings. The maximum absolute atomic E-state index is 12.6. The lowest BCUT2D eigenvalue weighted by molar-refractivity contribution is 0.103. The lowest BCUT2D eigenvalue weighted by Gasteiger charge is -2.14. The molecule has 1 aromatic heterocycles. The lowest BCUT2D eigenvalue weighted by Crippen LogP contribution is -2.16. The van der Waals surface area contributed by atoms with E-state index in [1.165, 1.54) is 23.3 Å². The topological polar surface area (TPSA) is 32.3 Å². The minimum absolute atomic E-state index is 0.0191. The third-order valence-corrected chi connectivity index (χ3v) is 5.21. The number of hydrogen-bond acceptors (Lipinski definition) is 3. The maximum atomic E-state index is 12.6. The minimum atomic E-state index is 0.0191. The first-order valence-corrected chi connectivity index (χ1v) is 8.60. The summed E-state index contributed by atoms with van der Waals surface area (Å²) in [5.41, 5.74) is 3.43. The number of nitrogens with one attached hydrogen (secondary N) is 1. The summed E-state index contributed by atoms with van der Waals surface area (Å²) in [5.74, 6) is 0.0191. The second-order valence-electron chi connectivity index (χ2n) is 6.12. The number of amides is 1. The van der Waals surface area contributed by atoms with Crippen LogP contribution in [0, 0.1) is 0 Å². The van der Waals surface area contributed by atoms with Crippen molar-refractivity contribution in [3.63, 3.8) is 0 Å². The second kappa shape index (κ2) is 6.63. The van der Waals surface area contributed by atoms with Crippen LogP contribution in [0.25, 0.3) is 0 Å². The number of carbonyl (C=O) groups excluding carboxylic acids is 1. The van der Waals surface area contributed by atoms with Crippen LogP contribution < -0.4 is 5.32 Å². The molecule has 0 bridgehead atoms.